The van der Waals surface area contributed by atoms with Gasteiger partial charge < -0.3 is 14.3 Å². The second-order valence-corrected chi connectivity index (χ2v) is 17.4. The fraction of sp³-hybridized carbons (Fsp3) is 0.700. The molecule has 0 rings (SSSR count). The number of aliphatic hydroxyl groups is 1. The normalized spacial score (nSPS) is 16.5. The van der Waals surface area contributed by atoms with E-state index < -0.39 is 26.0 Å². The summed E-state index contributed by atoms with van der Waals surface area (Å²) in [4.78, 5) is 12.0. The van der Waals surface area contributed by atoms with Crippen molar-refractivity contribution in [1.82, 2.24) is 0 Å². The largest absolute Gasteiger partial charge is 0.460 e. The molecule has 0 saturated heterocycles. The van der Waals surface area contributed by atoms with E-state index in [0.717, 1.165) is 24.0 Å². The van der Waals surface area contributed by atoms with Crippen molar-refractivity contribution in [1.29, 1.82) is 0 Å². The molecule has 0 radical (unpaired) electrons. The lowest BCUT2D eigenvalue weighted by Gasteiger charge is -2.39. The van der Waals surface area contributed by atoms with Gasteiger partial charge in [0.05, 0.1) is 18.6 Å². The molecule has 1 unspecified atom stereocenters. The molecule has 4 nitrogen and oxygen atoms in total. The lowest BCUT2D eigenvalue weighted by Crippen LogP contribution is -2.44. The van der Waals surface area contributed by atoms with Crippen molar-refractivity contribution in [3.8, 4) is 0 Å². The second kappa shape index (κ2) is 13.8. The van der Waals surface area contributed by atoms with Crippen molar-refractivity contribution in [2.24, 2.45) is 5.92 Å². The number of hydrogen-bond donors (Lipinski definition) is 1. The first-order chi connectivity index (χ1) is 15.7. The van der Waals surface area contributed by atoms with Gasteiger partial charge in [0, 0.05) is 0 Å². The first-order valence-corrected chi connectivity index (χ1v) is 15.9. The Morgan fingerprint density at radius 3 is 2.06 bits per heavy atom. The Morgan fingerprint density at radius 1 is 1.06 bits per heavy atom. The first kappa shape index (κ1) is 33.6. The maximum atomic E-state index is 12.0. The van der Waals surface area contributed by atoms with Crippen LogP contribution in [0.3, 0.4) is 0 Å². The Hall–Kier alpha value is -1.43. The Morgan fingerprint density at radius 2 is 1.60 bits per heavy atom. The maximum absolute atomic E-state index is 12.0. The van der Waals surface area contributed by atoms with E-state index in [1.807, 2.05) is 27.7 Å². The number of ether oxygens (including phenoxy) is 1. The molecule has 0 fully saturated rings. The van der Waals surface area contributed by atoms with E-state index in [1.54, 1.807) is 0 Å². The van der Waals surface area contributed by atoms with Crippen molar-refractivity contribution in [2.75, 3.05) is 0 Å². The molecule has 0 heterocycles. The molecular weight excluding hydrogens is 452 g/mol. The van der Waals surface area contributed by atoms with E-state index in [9.17, 15) is 9.90 Å². The van der Waals surface area contributed by atoms with Crippen LogP contribution in [0.25, 0.3) is 0 Å². The summed E-state index contributed by atoms with van der Waals surface area (Å²) in [6, 6.07) is 0. The minimum Gasteiger partial charge on any atom is -0.460 e. The van der Waals surface area contributed by atoms with Gasteiger partial charge in [0.2, 0.25) is 0 Å². The molecule has 5 heteroatoms. The van der Waals surface area contributed by atoms with Crippen LogP contribution in [0.15, 0.2) is 47.6 Å². The van der Waals surface area contributed by atoms with Gasteiger partial charge in [-0.2, -0.15) is 0 Å². The van der Waals surface area contributed by atoms with Crippen LogP contribution in [-0.2, 0) is 14.0 Å². The smallest absolute Gasteiger partial charge is 0.309 e. The van der Waals surface area contributed by atoms with E-state index in [4.69, 9.17) is 9.16 Å². The van der Waals surface area contributed by atoms with Gasteiger partial charge >= 0.3 is 5.97 Å². The van der Waals surface area contributed by atoms with E-state index in [2.05, 4.69) is 79.9 Å². The van der Waals surface area contributed by atoms with E-state index in [-0.39, 0.29) is 17.6 Å². The lowest BCUT2D eigenvalue weighted by atomic mass is 9.94. The van der Waals surface area contributed by atoms with Crippen LogP contribution in [0.4, 0.5) is 0 Å². The van der Waals surface area contributed by atoms with Crippen LogP contribution in [0.2, 0.25) is 18.1 Å². The van der Waals surface area contributed by atoms with Gasteiger partial charge in [-0.25, -0.2) is 0 Å². The zero-order chi connectivity index (χ0) is 27.8. The molecule has 0 saturated carbocycles. The van der Waals surface area contributed by atoms with Crippen LogP contribution >= 0.6 is 0 Å². The molecule has 0 aliphatic heterocycles. The first-order valence-electron chi connectivity index (χ1n) is 13.0. The number of carbonyl (C=O) groups excluding carboxylic acids is 1. The fourth-order valence-corrected chi connectivity index (χ4v) is 5.10. The Bertz CT molecular complexity index is 790. The summed E-state index contributed by atoms with van der Waals surface area (Å²) < 4.78 is 11.9. The van der Waals surface area contributed by atoms with Crippen molar-refractivity contribution >= 4 is 14.3 Å². The fourth-order valence-electron chi connectivity index (χ4n) is 3.68. The lowest BCUT2D eigenvalue weighted by molar-refractivity contribution is -0.156. The summed E-state index contributed by atoms with van der Waals surface area (Å²) in [5, 5.41) is 10.5. The average Bonchev–Trinajstić information content (AvgIpc) is 2.62. The molecule has 3 atom stereocenters. The quantitative estimate of drug-likeness (QED) is 0.118. The molecule has 202 valence electrons. The zero-order valence-corrected chi connectivity index (χ0v) is 25.8. The van der Waals surface area contributed by atoms with E-state index in [0.29, 0.717) is 17.9 Å². The van der Waals surface area contributed by atoms with Gasteiger partial charge in [0.1, 0.15) is 5.60 Å². The van der Waals surface area contributed by atoms with Crippen molar-refractivity contribution in [3.63, 3.8) is 0 Å². The van der Waals surface area contributed by atoms with Crippen molar-refractivity contribution in [3.05, 3.63) is 47.6 Å². The molecule has 35 heavy (non-hydrogen) atoms. The highest BCUT2D eigenvalue weighted by molar-refractivity contribution is 6.74. The number of rotatable bonds is 13. The number of carbonyl (C=O) groups is 1. The second-order valence-electron chi connectivity index (χ2n) is 12.7. The number of allylic oxidation sites excluding steroid dienone is 4. The molecule has 0 aromatic carbocycles. The van der Waals surface area contributed by atoms with Crippen LogP contribution in [-0.4, -0.2) is 37.2 Å². The summed E-state index contributed by atoms with van der Waals surface area (Å²) in [5.41, 5.74) is 3.49. The summed E-state index contributed by atoms with van der Waals surface area (Å²) in [5.74, 6) is -0.119. The monoisotopic (exact) mass is 506 g/mol. The topological polar surface area (TPSA) is 55.8 Å². The minimum atomic E-state index is -1.84. The van der Waals surface area contributed by atoms with Crippen molar-refractivity contribution < 1.29 is 19.1 Å². The Balaban J connectivity index is 4.99. The Kier molecular flexibility index (Phi) is 13.2. The molecule has 0 aromatic heterocycles. The highest BCUT2D eigenvalue weighted by Crippen LogP contribution is 2.38. The number of aliphatic hydroxyl groups excluding tert-OH is 1. The standard InChI is InChI=1S/C30H54O4Si/c1-15-27(34-35(13,14)30(10,11)12)25(6)19-23(4)17-21(2)16-22(3)18-24(5)26(31)20-28(32)33-29(7,8)9/h16,19,21,26-27,31H,4-5,15,17-18,20H2,1-3,6-14H3/b22-16+,25-19+/t21-,26?,27-/m1/s1. The van der Waals surface area contributed by atoms with E-state index >= 15 is 0 Å². The predicted octanol–water partition coefficient (Wildman–Crippen LogP) is 8.30. The third-order valence-electron chi connectivity index (χ3n) is 6.46. The Labute approximate surface area is 217 Å². The molecule has 0 spiro atoms. The highest BCUT2D eigenvalue weighted by atomic mass is 28.4. The molecule has 0 aliphatic rings. The van der Waals surface area contributed by atoms with Crippen LogP contribution in [0.1, 0.15) is 94.9 Å². The summed E-state index contributed by atoms with van der Waals surface area (Å²) in [7, 11) is -1.84. The average molecular weight is 507 g/mol. The third-order valence-corrected chi connectivity index (χ3v) is 11.0. The molecule has 1 N–H and O–H groups in total. The molecule has 0 aromatic rings. The number of esters is 1. The maximum Gasteiger partial charge on any atom is 0.309 e. The van der Waals surface area contributed by atoms with Crippen LogP contribution < -0.4 is 0 Å². The van der Waals surface area contributed by atoms with Gasteiger partial charge in [-0.05, 0) is 89.1 Å². The summed E-state index contributed by atoms with van der Waals surface area (Å²) >= 11 is 0. The third kappa shape index (κ3) is 13.4. The predicted molar refractivity (Wildman–Crippen MR) is 153 cm³/mol. The van der Waals surface area contributed by atoms with Gasteiger partial charge in [-0.15, -0.1) is 0 Å². The highest BCUT2D eigenvalue weighted by Gasteiger charge is 2.39. The van der Waals surface area contributed by atoms with Crippen LogP contribution in [0.5, 0.6) is 0 Å². The van der Waals surface area contributed by atoms with Crippen molar-refractivity contribution in [2.45, 2.75) is 131 Å². The number of hydrogen-bond acceptors (Lipinski definition) is 4. The SMILES string of the molecule is C=C(/C=C(\C)[C@@H](CC)O[Si](C)(C)C(C)(C)C)C[C@H](C)/C=C(\C)CC(=C)C(O)CC(=O)OC(C)(C)C. The van der Waals surface area contributed by atoms with Gasteiger partial charge in [-0.3, -0.25) is 4.79 Å². The summed E-state index contributed by atoms with van der Waals surface area (Å²) in [6.45, 7) is 33.7. The van der Waals surface area contributed by atoms with Gasteiger partial charge in [0.15, 0.2) is 8.32 Å². The zero-order valence-electron chi connectivity index (χ0n) is 24.8. The molecule has 0 aliphatic carbocycles. The molecule has 0 amide bonds. The minimum absolute atomic E-state index is 0.0741. The van der Waals surface area contributed by atoms with Gasteiger partial charge in [0.25, 0.3) is 0 Å². The van der Waals surface area contributed by atoms with Crippen LogP contribution in [0, 0.1) is 5.92 Å². The summed E-state index contributed by atoms with van der Waals surface area (Å²) in [6.07, 6.45) is 5.87. The van der Waals surface area contributed by atoms with Gasteiger partial charge in [-0.1, -0.05) is 71.1 Å². The van der Waals surface area contributed by atoms with E-state index in [1.165, 1.54) is 5.57 Å². The molecule has 0 bridgehead atoms. The molecular formula is C30H54O4Si.